The Hall–Kier alpha value is -4.38. The second-order valence-corrected chi connectivity index (χ2v) is 7.12. The van der Waals surface area contributed by atoms with E-state index in [-0.39, 0.29) is 38.9 Å². The van der Waals surface area contributed by atoms with Gasteiger partial charge in [0.1, 0.15) is 5.57 Å². The van der Waals surface area contributed by atoms with Crippen molar-refractivity contribution in [1.29, 1.82) is 0 Å². The second kappa shape index (κ2) is 10.0. The number of nitrogens with one attached hydrogen (secondary N) is 1. The molecule has 1 saturated heterocycles. The lowest BCUT2D eigenvalue weighted by atomic mass is 10.1. The number of halogens is 1. The number of esters is 1. The zero-order valence-corrected chi connectivity index (χ0v) is 18.5. The Morgan fingerprint density at radius 3 is 2.38 bits per heavy atom. The first-order valence-electron chi connectivity index (χ1n) is 9.48. The van der Waals surface area contributed by atoms with Crippen LogP contribution in [0.3, 0.4) is 0 Å². The first-order chi connectivity index (χ1) is 16.2. The molecule has 0 atom stereocenters. The molecular weight excluding hydrogens is 472 g/mol. The van der Waals surface area contributed by atoms with Crippen LogP contribution >= 0.6 is 11.6 Å². The van der Waals surface area contributed by atoms with Gasteiger partial charge in [-0.2, -0.15) is 0 Å². The number of ether oxygens (including phenoxy) is 3. The van der Waals surface area contributed by atoms with Crippen molar-refractivity contribution >= 4 is 53.1 Å². The average Bonchev–Trinajstić information content (AvgIpc) is 2.80. The summed E-state index contributed by atoms with van der Waals surface area (Å²) in [6.07, 6.45) is 1.19. The molecule has 1 fully saturated rings. The molecule has 12 heteroatoms. The van der Waals surface area contributed by atoms with Crippen LogP contribution < -0.4 is 19.7 Å². The summed E-state index contributed by atoms with van der Waals surface area (Å²) >= 11 is 6.17. The molecule has 1 aliphatic rings. The number of imide groups is 2. The minimum Gasteiger partial charge on any atom is -0.493 e. The Labute approximate surface area is 197 Å². The molecule has 11 nitrogen and oxygen atoms in total. The molecule has 0 saturated carbocycles. The van der Waals surface area contributed by atoms with Crippen LogP contribution in [-0.4, -0.2) is 55.7 Å². The third-order valence-electron chi connectivity index (χ3n) is 4.55. The van der Waals surface area contributed by atoms with E-state index in [0.29, 0.717) is 0 Å². The third kappa shape index (κ3) is 4.99. The topological polar surface area (TPSA) is 149 Å². The predicted octanol–water partition coefficient (Wildman–Crippen LogP) is 2.27. The number of carboxylic acids is 1. The number of anilines is 1. The summed E-state index contributed by atoms with van der Waals surface area (Å²) in [6, 6.07) is 7.18. The molecule has 34 heavy (non-hydrogen) atoms. The number of aliphatic carboxylic acids is 1. The monoisotopic (exact) mass is 488 g/mol. The van der Waals surface area contributed by atoms with Gasteiger partial charge in [-0.25, -0.2) is 19.3 Å². The number of carbonyl (C=O) groups is 5. The number of hydrogen-bond donors (Lipinski definition) is 2. The number of amides is 4. The highest BCUT2D eigenvalue weighted by atomic mass is 35.5. The van der Waals surface area contributed by atoms with Gasteiger partial charge in [0.15, 0.2) is 18.1 Å². The van der Waals surface area contributed by atoms with E-state index in [1.54, 1.807) is 0 Å². The largest absolute Gasteiger partial charge is 0.493 e. The summed E-state index contributed by atoms with van der Waals surface area (Å²) in [5, 5.41) is 10.9. The van der Waals surface area contributed by atoms with Gasteiger partial charge in [-0.1, -0.05) is 11.6 Å². The first-order valence-corrected chi connectivity index (χ1v) is 9.86. The Bertz CT molecular complexity index is 1220. The van der Waals surface area contributed by atoms with Crippen LogP contribution in [0, 0.1) is 0 Å². The van der Waals surface area contributed by atoms with E-state index in [4.69, 9.17) is 26.2 Å². The van der Waals surface area contributed by atoms with E-state index < -0.39 is 36.4 Å². The van der Waals surface area contributed by atoms with Crippen LogP contribution in [0.15, 0.2) is 42.0 Å². The van der Waals surface area contributed by atoms with E-state index in [0.717, 1.165) is 4.90 Å². The first kappa shape index (κ1) is 24.3. The Morgan fingerprint density at radius 1 is 1.12 bits per heavy atom. The van der Waals surface area contributed by atoms with E-state index in [9.17, 15) is 24.0 Å². The van der Waals surface area contributed by atoms with Gasteiger partial charge in [0.2, 0.25) is 0 Å². The summed E-state index contributed by atoms with van der Waals surface area (Å²) < 4.78 is 14.9. The van der Waals surface area contributed by atoms with E-state index >= 15 is 0 Å². The maximum Gasteiger partial charge on any atom is 0.341 e. The third-order valence-corrected chi connectivity index (χ3v) is 4.83. The van der Waals surface area contributed by atoms with E-state index in [1.807, 2.05) is 0 Å². The molecule has 2 aromatic rings. The highest BCUT2D eigenvalue weighted by Crippen LogP contribution is 2.37. The molecule has 0 spiro atoms. The van der Waals surface area contributed by atoms with Crippen molar-refractivity contribution in [3.05, 3.63) is 58.1 Å². The van der Waals surface area contributed by atoms with Gasteiger partial charge in [0, 0.05) is 0 Å². The minimum atomic E-state index is -1.22. The van der Waals surface area contributed by atoms with Gasteiger partial charge >= 0.3 is 18.0 Å². The summed E-state index contributed by atoms with van der Waals surface area (Å²) in [5.74, 6) is -3.64. The maximum absolute atomic E-state index is 13.0. The number of hydrogen-bond acceptors (Lipinski definition) is 8. The molecule has 0 aliphatic carbocycles. The Morgan fingerprint density at radius 2 is 1.79 bits per heavy atom. The molecule has 1 heterocycles. The molecule has 0 aromatic heterocycles. The smallest absolute Gasteiger partial charge is 0.341 e. The predicted molar refractivity (Wildman–Crippen MR) is 118 cm³/mol. The lowest BCUT2D eigenvalue weighted by molar-refractivity contribution is -0.139. The number of nitrogens with zero attached hydrogens (tertiary/aromatic N) is 1. The second-order valence-electron chi connectivity index (χ2n) is 6.71. The highest BCUT2D eigenvalue weighted by Gasteiger charge is 2.37. The molecule has 0 bridgehead atoms. The van der Waals surface area contributed by atoms with Gasteiger partial charge in [-0.3, -0.25) is 14.9 Å². The molecule has 3 rings (SSSR count). The summed E-state index contributed by atoms with van der Waals surface area (Å²) in [4.78, 5) is 60.9. The molecule has 0 unspecified atom stereocenters. The Balaban J connectivity index is 1.96. The maximum atomic E-state index is 13.0. The van der Waals surface area contributed by atoms with Crippen LogP contribution in [0.2, 0.25) is 5.02 Å². The zero-order valence-electron chi connectivity index (χ0n) is 17.8. The van der Waals surface area contributed by atoms with E-state index in [2.05, 4.69) is 10.1 Å². The van der Waals surface area contributed by atoms with Crippen molar-refractivity contribution in [2.24, 2.45) is 0 Å². The zero-order chi connectivity index (χ0) is 25.0. The van der Waals surface area contributed by atoms with Gasteiger partial charge in [0.25, 0.3) is 11.8 Å². The van der Waals surface area contributed by atoms with Crippen molar-refractivity contribution in [2.45, 2.75) is 0 Å². The lowest BCUT2D eigenvalue weighted by Crippen LogP contribution is -2.54. The molecule has 1 aliphatic heterocycles. The molecule has 176 valence electrons. The van der Waals surface area contributed by atoms with Crippen molar-refractivity contribution in [2.75, 3.05) is 25.7 Å². The summed E-state index contributed by atoms with van der Waals surface area (Å²) in [7, 11) is 2.51. The number of methoxy groups -OCH3 is 2. The van der Waals surface area contributed by atoms with Crippen molar-refractivity contribution < 1.29 is 43.3 Å². The fraction of sp³-hybridized carbons (Fsp3) is 0.136. The van der Waals surface area contributed by atoms with Crippen LogP contribution in [0.4, 0.5) is 10.5 Å². The van der Waals surface area contributed by atoms with Crippen LogP contribution in [-0.2, 0) is 19.1 Å². The fourth-order valence-electron chi connectivity index (χ4n) is 3.02. The number of benzene rings is 2. The summed E-state index contributed by atoms with van der Waals surface area (Å²) in [6.45, 7) is -0.663. The summed E-state index contributed by atoms with van der Waals surface area (Å²) in [5.41, 5.74) is 0.184. The number of carbonyl (C=O) groups excluding carboxylic acids is 4. The number of carboxylic acid groups (broad SMARTS) is 1. The van der Waals surface area contributed by atoms with Crippen LogP contribution in [0.1, 0.15) is 15.9 Å². The molecule has 0 radical (unpaired) electrons. The van der Waals surface area contributed by atoms with Gasteiger partial charge in [0.05, 0.1) is 30.5 Å². The van der Waals surface area contributed by atoms with Gasteiger partial charge < -0.3 is 19.3 Å². The average molecular weight is 489 g/mol. The van der Waals surface area contributed by atoms with E-state index in [1.165, 1.54) is 56.7 Å². The van der Waals surface area contributed by atoms with Gasteiger partial charge in [-0.05, 0) is 48.0 Å². The number of barbiturate groups is 1. The molecular formula is C22H17ClN2O9. The minimum absolute atomic E-state index is 0.0255. The number of urea groups is 1. The standard InChI is InChI=1S/C22H17ClN2O9/c1-32-16-9-11(8-15(23)18(16)34-10-17(26)27)7-14-19(28)24-22(31)25(20(14)29)13-5-3-12(4-6-13)21(30)33-2/h3-9H,10H2,1-2H3,(H,26,27)(H,24,28,31)/b14-7+. The van der Waals surface area contributed by atoms with Crippen molar-refractivity contribution in [3.63, 3.8) is 0 Å². The van der Waals surface area contributed by atoms with Crippen molar-refractivity contribution in [3.8, 4) is 11.5 Å². The normalized spacial score (nSPS) is 14.6. The highest BCUT2D eigenvalue weighted by molar-refractivity contribution is 6.39. The molecule has 2 N–H and O–H groups in total. The number of rotatable bonds is 7. The Kier molecular flexibility index (Phi) is 7.17. The molecule has 4 amide bonds. The fourth-order valence-corrected chi connectivity index (χ4v) is 3.29. The van der Waals surface area contributed by atoms with Gasteiger partial charge in [-0.15, -0.1) is 0 Å². The molecule has 2 aromatic carbocycles. The van der Waals surface area contributed by atoms with Crippen molar-refractivity contribution in [1.82, 2.24) is 5.32 Å². The van der Waals surface area contributed by atoms with Crippen LogP contribution in [0.25, 0.3) is 6.08 Å². The quantitative estimate of drug-likeness (QED) is 0.340. The van der Waals surface area contributed by atoms with Crippen LogP contribution in [0.5, 0.6) is 11.5 Å². The lowest BCUT2D eigenvalue weighted by Gasteiger charge is -2.26. The SMILES string of the molecule is COC(=O)c1ccc(N2C(=O)NC(=O)/C(=C\c3cc(Cl)c(OCC(=O)O)c(OC)c3)C2=O)cc1.